The van der Waals surface area contributed by atoms with Gasteiger partial charge in [0.15, 0.2) is 5.96 Å². The minimum absolute atomic E-state index is 0.248. The van der Waals surface area contributed by atoms with E-state index in [9.17, 15) is 8.78 Å². The molecule has 0 saturated heterocycles. The topological polar surface area (TPSA) is 45.7 Å². The van der Waals surface area contributed by atoms with E-state index < -0.39 is 0 Å². The van der Waals surface area contributed by atoms with E-state index in [1.807, 2.05) is 0 Å². The molecule has 0 heterocycles. The van der Waals surface area contributed by atoms with Crippen LogP contribution in [-0.2, 0) is 6.54 Å². The summed E-state index contributed by atoms with van der Waals surface area (Å²) in [6.07, 6.45) is 0.772. The van der Waals surface area contributed by atoms with Gasteiger partial charge >= 0.3 is 0 Å². The third-order valence-electron chi connectivity index (χ3n) is 3.29. The second-order valence-electron chi connectivity index (χ2n) is 5.13. The minimum Gasteiger partial charge on any atom is -0.494 e. The Labute approximate surface area is 140 Å². The molecule has 0 aliphatic heterocycles. The fraction of sp³-hybridized carbons (Fsp3) is 0.278. The van der Waals surface area contributed by atoms with Crippen molar-refractivity contribution in [2.45, 2.75) is 13.0 Å². The molecule has 0 saturated carbocycles. The number of nitrogens with one attached hydrogen (secondary N) is 2. The maximum atomic E-state index is 12.8. The summed E-state index contributed by atoms with van der Waals surface area (Å²) in [5.74, 6) is 0.791. The number of hydrogen-bond donors (Lipinski definition) is 2. The standard InChI is InChI=1S/C18H21F2N3O/c1-21-18(23-13-14-3-5-15(19)6-4-14)22-11-2-12-24-17-9-7-16(20)8-10-17/h3-10H,2,11-13H2,1H3,(H2,21,22,23). The number of benzene rings is 2. The quantitative estimate of drug-likeness (QED) is 0.465. The van der Waals surface area contributed by atoms with E-state index in [0.717, 1.165) is 12.0 Å². The molecule has 0 radical (unpaired) electrons. The number of guanidine groups is 1. The molecule has 0 aromatic heterocycles. The van der Waals surface area contributed by atoms with Gasteiger partial charge in [-0.2, -0.15) is 0 Å². The second-order valence-corrected chi connectivity index (χ2v) is 5.13. The maximum absolute atomic E-state index is 12.8. The molecule has 0 aliphatic rings. The summed E-state index contributed by atoms with van der Waals surface area (Å²) >= 11 is 0. The van der Waals surface area contributed by atoms with Gasteiger partial charge in [-0.3, -0.25) is 4.99 Å². The largest absolute Gasteiger partial charge is 0.494 e. The average Bonchev–Trinajstić information content (AvgIpc) is 2.60. The van der Waals surface area contributed by atoms with Crippen molar-refractivity contribution < 1.29 is 13.5 Å². The van der Waals surface area contributed by atoms with Crippen LogP contribution >= 0.6 is 0 Å². The Hall–Kier alpha value is -2.63. The van der Waals surface area contributed by atoms with Gasteiger partial charge in [-0.25, -0.2) is 8.78 Å². The average molecular weight is 333 g/mol. The summed E-state index contributed by atoms with van der Waals surface area (Å²) in [6.45, 7) is 1.77. The smallest absolute Gasteiger partial charge is 0.191 e. The van der Waals surface area contributed by atoms with E-state index in [1.54, 1.807) is 31.3 Å². The molecule has 6 heteroatoms. The highest BCUT2D eigenvalue weighted by molar-refractivity contribution is 5.79. The molecule has 24 heavy (non-hydrogen) atoms. The first-order valence-corrected chi connectivity index (χ1v) is 7.74. The zero-order valence-electron chi connectivity index (χ0n) is 13.6. The molecule has 0 unspecified atom stereocenters. The molecule has 0 fully saturated rings. The van der Waals surface area contributed by atoms with Gasteiger partial charge in [-0.1, -0.05) is 12.1 Å². The van der Waals surface area contributed by atoms with Crippen LogP contribution in [0.2, 0.25) is 0 Å². The fourth-order valence-electron chi connectivity index (χ4n) is 2.01. The van der Waals surface area contributed by atoms with E-state index >= 15 is 0 Å². The fourth-order valence-corrected chi connectivity index (χ4v) is 2.01. The van der Waals surface area contributed by atoms with Gasteiger partial charge in [-0.15, -0.1) is 0 Å². The zero-order chi connectivity index (χ0) is 17.2. The van der Waals surface area contributed by atoms with Crippen LogP contribution in [0.25, 0.3) is 0 Å². The third kappa shape index (κ3) is 6.24. The van der Waals surface area contributed by atoms with Crippen LogP contribution in [0.5, 0.6) is 5.75 Å². The highest BCUT2D eigenvalue weighted by atomic mass is 19.1. The number of hydrogen-bond acceptors (Lipinski definition) is 2. The van der Waals surface area contributed by atoms with Gasteiger partial charge in [0, 0.05) is 20.1 Å². The van der Waals surface area contributed by atoms with Crippen molar-refractivity contribution in [1.29, 1.82) is 0 Å². The molecule has 0 aliphatic carbocycles. The van der Waals surface area contributed by atoms with Crippen LogP contribution < -0.4 is 15.4 Å². The van der Waals surface area contributed by atoms with Crippen LogP contribution in [0.4, 0.5) is 8.78 Å². The monoisotopic (exact) mass is 333 g/mol. The van der Waals surface area contributed by atoms with E-state index in [-0.39, 0.29) is 11.6 Å². The van der Waals surface area contributed by atoms with Crippen LogP contribution in [0.15, 0.2) is 53.5 Å². The van der Waals surface area contributed by atoms with Crippen LogP contribution in [-0.4, -0.2) is 26.2 Å². The summed E-state index contributed by atoms with van der Waals surface area (Å²) in [7, 11) is 1.69. The van der Waals surface area contributed by atoms with Crippen molar-refractivity contribution in [3.63, 3.8) is 0 Å². The van der Waals surface area contributed by atoms with Gasteiger partial charge in [-0.05, 0) is 48.4 Å². The van der Waals surface area contributed by atoms with Crippen molar-refractivity contribution in [3.8, 4) is 5.75 Å². The SMILES string of the molecule is CN=C(NCCCOc1ccc(F)cc1)NCc1ccc(F)cc1. The van der Waals surface area contributed by atoms with Gasteiger partial charge in [0.25, 0.3) is 0 Å². The van der Waals surface area contributed by atoms with Gasteiger partial charge in [0.1, 0.15) is 17.4 Å². The maximum Gasteiger partial charge on any atom is 0.191 e. The molecule has 128 valence electrons. The Bertz CT molecular complexity index is 642. The van der Waals surface area contributed by atoms with Crippen LogP contribution in [0.3, 0.4) is 0 Å². The predicted octanol–water partition coefficient (Wildman–Crippen LogP) is 3.10. The summed E-state index contributed by atoms with van der Waals surface area (Å²) in [5.41, 5.74) is 0.971. The molecular weight excluding hydrogens is 312 g/mol. The van der Waals surface area contributed by atoms with E-state index in [4.69, 9.17) is 4.74 Å². The molecule has 2 N–H and O–H groups in total. The van der Waals surface area contributed by atoms with Gasteiger partial charge in [0.2, 0.25) is 0 Å². The predicted molar refractivity (Wildman–Crippen MR) is 91.1 cm³/mol. The Morgan fingerprint density at radius 3 is 2.21 bits per heavy atom. The lowest BCUT2D eigenvalue weighted by atomic mass is 10.2. The molecule has 2 rings (SSSR count). The first-order chi connectivity index (χ1) is 11.7. The molecule has 2 aromatic rings. The number of nitrogens with zero attached hydrogens (tertiary/aromatic N) is 1. The molecule has 0 bridgehead atoms. The lowest BCUT2D eigenvalue weighted by molar-refractivity contribution is 0.310. The summed E-state index contributed by atoms with van der Waals surface area (Å²) < 4.78 is 31.1. The van der Waals surface area contributed by atoms with Crippen molar-refractivity contribution in [1.82, 2.24) is 10.6 Å². The van der Waals surface area contributed by atoms with Crippen LogP contribution in [0.1, 0.15) is 12.0 Å². The Balaban J connectivity index is 1.62. The van der Waals surface area contributed by atoms with Crippen molar-refractivity contribution in [3.05, 3.63) is 65.7 Å². The summed E-state index contributed by atoms with van der Waals surface area (Å²) in [4.78, 5) is 4.12. The number of halogens is 2. The van der Waals surface area contributed by atoms with E-state index in [0.29, 0.717) is 31.4 Å². The molecule has 0 spiro atoms. The number of aliphatic imine (C=N–C) groups is 1. The zero-order valence-corrected chi connectivity index (χ0v) is 13.6. The normalized spacial score (nSPS) is 11.2. The van der Waals surface area contributed by atoms with Crippen molar-refractivity contribution in [2.75, 3.05) is 20.2 Å². The molecule has 0 amide bonds. The Kier molecular flexibility index (Phi) is 7.01. The highest BCUT2D eigenvalue weighted by Gasteiger charge is 1.99. The molecular formula is C18H21F2N3O. The first-order valence-electron chi connectivity index (χ1n) is 7.74. The van der Waals surface area contributed by atoms with Gasteiger partial charge in [0.05, 0.1) is 6.61 Å². The molecule has 4 nitrogen and oxygen atoms in total. The first kappa shape index (κ1) is 17.7. The number of rotatable bonds is 7. The Morgan fingerprint density at radius 1 is 0.958 bits per heavy atom. The van der Waals surface area contributed by atoms with E-state index in [1.165, 1.54) is 24.3 Å². The van der Waals surface area contributed by atoms with Crippen molar-refractivity contribution >= 4 is 5.96 Å². The van der Waals surface area contributed by atoms with E-state index in [2.05, 4.69) is 15.6 Å². The Morgan fingerprint density at radius 2 is 1.58 bits per heavy atom. The third-order valence-corrected chi connectivity index (χ3v) is 3.29. The molecule has 0 atom stereocenters. The molecule has 2 aromatic carbocycles. The summed E-state index contributed by atoms with van der Waals surface area (Å²) in [5, 5.41) is 6.33. The van der Waals surface area contributed by atoms with Crippen molar-refractivity contribution in [2.24, 2.45) is 4.99 Å². The van der Waals surface area contributed by atoms with Crippen LogP contribution in [0, 0.1) is 11.6 Å². The minimum atomic E-state index is -0.278. The summed E-state index contributed by atoms with van der Waals surface area (Å²) in [6, 6.07) is 12.3. The number of ether oxygens (including phenoxy) is 1. The lowest BCUT2D eigenvalue weighted by Crippen LogP contribution is -2.37. The second kappa shape index (κ2) is 9.50. The van der Waals surface area contributed by atoms with Gasteiger partial charge < -0.3 is 15.4 Å². The highest BCUT2D eigenvalue weighted by Crippen LogP contribution is 2.10. The lowest BCUT2D eigenvalue weighted by Gasteiger charge is -2.12.